The number of hydrogen-bond donors (Lipinski definition) is 3. The van der Waals surface area contributed by atoms with Gasteiger partial charge in [0.15, 0.2) is 12.2 Å². The second-order valence-electron chi connectivity index (χ2n) is 27.9. The average Bonchev–Trinajstić information content (AvgIpc) is 1.56. The quantitative estimate of drug-likeness (QED) is 0.0222. The van der Waals surface area contributed by atoms with Crippen LogP contribution in [0.4, 0.5) is 0 Å². The molecule has 0 saturated heterocycles. The van der Waals surface area contributed by atoms with E-state index in [1.165, 1.54) is 186 Å². The molecule has 0 bridgehead atoms. The van der Waals surface area contributed by atoms with Crippen molar-refractivity contribution in [1.82, 2.24) is 0 Å². The molecule has 0 aromatic rings. The lowest BCUT2D eigenvalue weighted by molar-refractivity contribution is -0.161. The Kier molecular flexibility index (Phi) is 63.4. The molecular weight excluding hydrogens is 1220 g/mol. The molecule has 3 N–H and O–H groups in total. The highest BCUT2D eigenvalue weighted by Gasteiger charge is 2.30. The zero-order chi connectivity index (χ0) is 68.7. The van der Waals surface area contributed by atoms with Gasteiger partial charge in [0.05, 0.1) is 26.4 Å². The summed E-state index contributed by atoms with van der Waals surface area (Å²) in [5.74, 6) is 0.203. The fraction of sp³-hybridized carbons (Fsp3) is 0.946. The first-order chi connectivity index (χ1) is 44.8. The fourth-order valence-corrected chi connectivity index (χ4v) is 12.8. The zero-order valence-electron chi connectivity index (χ0n) is 60.7. The van der Waals surface area contributed by atoms with E-state index in [1.807, 2.05) is 0 Å². The number of aliphatic hydroxyl groups excluding tert-OH is 1. The number of ether oxygens (including phenoxy) is 4. The second-order valence-corrected chi connectivity index (χ2v) is 30.8. The molecule has 0 aromatic heterocycles. The maximum Gasteiger partial charge on any atom is 0.472 e. The van der Waals surface area contributed by atoms with Gasteiger partial charge in [-0.3, -0.25) is 37.3 Å². The Morgan fingerprint density at radius 2 is 0.548 bits per heavy atom. The van der Waals surface area contributed by atoms with Crippen molar-refractivity contribution >= 4 is 39.5 Å². The van der Waals surface area contributed by atoms with E-state index >= 15 is 0 Å². The van der Waals surface area contributed by atoms with Crippen molar-refractivity contribution < 1.29 is 80.2 Å². The number of phosphoric acid groups is 2. The van der Waals surface area contributed by atoms with Gasteiger partial charge in [-0.25, -0.2) is 9.13 Å². The Morgan fingerprint density at radius 1 is 0.312 bits per heavy atom. The number of unbranched alkanes of at least 4 members (excludes halogenated alkanes) is 39. The molecule has 0 aliphatic rings. The van der Waals surface area contributed by atoms with Crippen LogP contribution in [0.1, 0.15) is 376 Å². The molecule has 19 heteroatoms. The van der Waals surface area contributed by atoms with E-state index in [2.05, 4.69) is 48.5 Å². The van der Waals surface area contributed by atoms with E-state index in [0.717, 1.165) is 108 Å². The number of esters is 4. The standard InChI is InChI=1S/C74H144O17P2/c1-8-10-11-12-13-14-19-26-34-41-48-55-71(76)84-62-70(91-74(79)58-51-44-37-30-29-33-40-47-54-67(7)9-2)64-89-93(82,83)87-60-68(75)59-86-92(80,81)88-63-69(61-85-72(77)56-49-42-35-27-23-22-25-32-39-46-53-66(5)6)90-73(78)57-50-43-36-28-21-18-16-15-17-20-24-31-38-45-52-65(3)4/h65-70,75H,8-64H2,1-7H3,(H,80,81)(H,82,83)/t67?,68-,69-,70-/m1/s1. The van der Waals surface area contributed by atoms with Gasteiger partial charge in [-0.15, -0.1) is 0 Å². The third-order valence-corrected chi connectivity index (χ3v) is 19.4. The van der Waals surface area contributed by atoms with Gasteiger partial charge in [-0.2, -0.15) is 0 Å². The normalized spacial score (nSPS) is 14.4. The summed E-state index contributed by atoms with van der Waals surface area (Å²) >= 11 is 0. The number of rotatable bonds is 72. The van der Waals surface area contributed by atoms with Crippen LogP contribution in [0.3, 0.4) is 0 Å². The zero-order valence-corrected chi connectivity index (χ0v) is 62.5. The summed E-state index contributed by atoms with van der Waals surface area (Å²) in [5, 5.41) is 10.6. The lowest BCUT2D eigenvalue weighted by Gasteiger charge is -2.21. The number of hydrogen-bond acceptors (Lipinski definition) is 15. The molecule has 0 aliphatic heterocycles. The first kappa shape index (κ1) is 91.1. The Balaban J connectivity index is 5.26. The van der Waals surface area contributed by atoms with Crippen LogP contribution < -0.4 is 0 Å². The third kappa shape index (κ3) is 67.0. The summed E-state index contributed by atoms with van der Waals surface area (Å²) < 4.78 is 68.5. The Bertz CT molecular complexity index is 1820. The molecule has 0 aromatic carbocycles. The molecule has 0 saturated carbocycles. The summed E-state index contributed by atoms with van der Waals surface area (Å²) in [7, 11) is -9.91. The van der Waals surface area contributed by atoms with Crippen LogP contribution in [0.2, 0.25) is 0 Å². The van der Waals surface area contributed by atoms with Crippen molar-refractivity contribution in [1.29, 1.82) is 0 Å². The molecule has 0 spiro atoms. The van der Waals surface area contributed by atoms with Gasteiger partial charge in [0.25, 0.3) is 0 Å². The summed E-state index contributed by atoms with van der Waals surface area (Å²) in [5.41, 5.74) is 0. The summed E-state index contributed by atoms with van der Waals surface area (Å²) in [6.07, 6.45) is 49.8. The molecule has 0 heterocycles. The van der Waals surface area contributed by atoms with E-state index in [4.69, 9.17) is 37.0 Å². The lowest BCUT2D eigenvalue weighted by atomic mass is 9.99. The number of carbonyl (C=O) groups is 4. The predicted molar refractivity (Wildman–Crippen MR) is 377 cm³/mol. The van der Waals surface area contributed by atoms with Crippen LogP contribution in [-0.2, 0) is 65.4 Å². The van der Waals surface area contributed by atoms with Crippen molar-refractivity contribution in [2.24, 2.45) is 17.8 Å². The van der Waals surface area contributed by atoms with E-state index in [0.29, 0.717) is 25.7 Å². The van der Waals surface area contributed by atoms with Crippen LogP contribution in [0, 0.1) is 17.8 Å². The summed E-state index contributed by atoms with van der Waals surface area (Å²) in [6.45, 7) is 11.9. The smallest absolute Gasteiger partial charge is 0.462 e. The van der Waals surface area contributed by atoms with Crippen molar-refractivity contribution in [3.8, 4) is 0 Å². The minimum Gasteiger partial charge on any atom is -0.462 e. The summed E-state index contributed by atoms with van der Waals surface area (Å²) in [6, 6.07) is 0. The Morgan fingerprint density at radius 3 is 0.817 bits per heavy atom. The second kappa shape index (κ2) is 64.7. The molecule has 17 nitrogen and oxygen atoms in total. The van der Waals surface area contributed by atoms with Crippen molar-refractivity contribution in [2.75, 3.05) is 39.6 Å². The van der Waals surface area contributed by atoms with Crippen LogP contribution >= 0.6 is 15.6 Å². The molecule has 0 rings (SSSR count). The number of aliphatic hydroxyl groups is 1. The van der Waals surface area contributed by atoms with Gasteiger partial charge in [0.1, 0.15) is 19.3 Å². The highest BCUT2D eigenvalue weighted by atomic mass is 31.2. The van der Waals surface area contributed by atoms with Gasteiger partial charge in [-0.05, 0) is 43.4 Å². The SMILES string of the molecule is CCCCCCCCCCCCCC(=O)OC[C@H](COP(=O)(O)OC[C@H](O)COP(=O)(O)OC[C@@H](COC(=O)CCCCCCCCCCCCC(C)C)OC(=O)CCCCCCCCCCCCCCCCC(C)C)OC(=O)CCCCCCCCCCC(C)CC. The van der Waals surface area contributed by atoms with E-state index in [9.17, 15) is 43.2 Å². The monoisotopic (exact) mass is 1370 g/mol. The van der Waals surface area contributed by atoms with Gasteiger partial charge >= 0.3 is 39.5 Å². The largest absolute Gasteiger partial charge is 0.472 e. The van der Waals surface area contributed by atoms with Crippen molar-refractivity contribution in [2.45, 2.75) is 394 Å². The number of carbonyl (C=O) groups excluding carboxylic acids is 4. The minimum absolute atomic E-state index is 0.105. The maximum absolute atomic E-state index is 13.1. The molecule has 6 atom stereocenters. The van der Waals surface area contributed by atoms with Gasteiger partial charge in [0, 0.05) is 25.7 Å². The topological polar surface area (TPSA) is 237 Å². The van der Waals surface area contributed by atoms with Crippen LogP contribution in [0.25, 0.3) is 0 Å². The van der Waals surface area contributed by atoms with Gasteiger partial charge < -0.3 is 33.8 Å². The molecule has 0 radical (unpaired) electrons. The first-order valence-corrected chi connectivity index (χ1v) is 41.4. The maximum atomic E-state index is 13.1. The van der Waals surface area contributed by atoms with Crippen LogP contribution in [0.5, 0.6) is 0 Å². The summed E-state index contributed by atoms with van der Waals surface area (Å²) in [4.78, 5) is 72.7. The minimum atomic E-state index is -4.96. The molecule has 93 heavy (non-hydrogen) atoms. The average molecular weight is 1370 g/mol. The van der Waals surface area contributed by atoms with E-state index in [1.54, 1.807) is 0 Å². The van der Waals surface area contributed by atoms with Crippen LogP contribution in [0.15, 0.2) is 0 Å². The molecule has 0 fully saturated rings. The van der Waals surface area contributed by atoms with Gasteiger partial charge in [-0.1, -0.05) is 325 Å². The van der Waals surface area contributed by atoms with Crippen LogP contribution in [-0.4, -0.2) is 96.7 Å². The lowest BCUT2D eigenvalue weighted by Crippen LogP contribution is -2.30. The third-order valence-electron chi connectivity index (χ3n) is 17.5. The first-order valence-electron chi connectivity index (χ1n) is 38.4. The van der Waals surface area contributed by atoms with E-state index < -0.39 is 97.5 Å². The molecule has 552 valence electrons. The van der Waals surface area contributed by atoms with E-state index in [-0.39, 0.29) is 25.7 Å². The highest BCUT2D eigenvalue weighted by molar-refractivity contribution is 7.47. The molecule has 0 amide bonds. The van der Waals surface area contributed by atoms with Gasteiger partial charge in [0.2, 0.25) is 0 Å². The fourth-order valence-electron chi connectivity index (χ4n) is 11.2. The molecule has 3 unspecified atom stereocenters. The Labute approximate surface area is 568 Å². The molecular formula is C74H144O17P2. The predicted octanol–water partition coefficient (Wildman–Crippen LogP) is 21.4. The highest BCUT2D eigenvalue weighted by Crippen LogP contribution is 2.45. The van der Waals surface area contributed by atoms with Crippen molar-refractivity contribution in [3.05, 3.63) is 0 Å². The van der Waals surface area contributed by atoms with Crippen molar-refractivity contribution in [3.63, 3.8) is 0 Å². The number of phosphoric ester groups is 2. The Hall–Kier alpha value is -1.94. The molecule has 0 aliphatic carbocycles.